The van der Waals surface area contributed by atoms with Crippen LogP contribution in [0.4, 0.5) is 13.2 Å². The molecule has 4 aliphatic rings. The number of carboxylic acid groups (broad SMARTS) is 1. The van der Waals surface area contributed by atoms with Crippen molar-refractivity contribution in [1.29, 1.82) is 0 Å². The number of hydrogen-bond donors (Lipinski definition) is 1. The van der Waals surface area contributed by atoms with Gasteiger partial charge < -0.3 is 24.2 Å². The molecular weight excluding hydrogens is 409 g/mol. The van der Waals surface area contributed by atoms with Crippen molar-refractivity contribution < 1.29 is 42.1 Å². The second kappa shape index (κ2) is 10.3. The van der Waals surface area contributed by atoms with Gasteiger partial charge in [0, 0.05) is 44.9 Å². The molecular formula is C19H29F3N2O6. The van der Waals surface area contributed by atoms with E-state index in [4.69, 9.17) is 24.1 Å². The minimum absolute atomic E-state index is 0.177. The number of nitrogens with zero attached hydrogens (tertiary/aromatic N) is 2. The van der Waals surface area contributed by atoms with Crippen LogP contribution in [0.25, 0.3) is 0 Å². The number of hydrogen-bond acceptors (Lipinski definition) is 6. The molecule has 30 heavy (non-hydrogen) atoms. The van der Waals surface area contributed by atoms with E-state index in [-0.39, 0.29) is 18.1 Å². The van der Waals surface area contributed by atoms with E-state index < -0.39 is 12.1 Å². The van der Waals surface area contributed by atoms with Crippen molar-refractivity contribution in [1.82, 2.24) is 9.80 Å². The predicted octanol–water partition coefficient (Wildman–Crippen LogP) is 1.28. The van der Waals surface area contributed by atoms with Gasteiger partial charge in [-0.15, -0.1) is 0 Å². The van der Waals surface area contributed by atoms with E-state index >= 15 is 0 Å². The number of amides is 1. The number of likely N-dealkylation sites (tertiary alicyclic amines) is 1. The Morgan fingerprint density at radius 1 is 0.867 bits per heavy atom. The molecule has 1 N–H and O–H groups in total. The van der Waals surface area contributed by atoms with E-state index in [9.17, 15) is 18.0 Å². The van der Waals surface area contributed by atoms with E-state index in [2.05, 4.69) is 4.90 Å². The van der Waals surface area contributed by atoms with Gasteiger partial charge in [0.25, 0.3) is 5.91 Å². The molecule has 0 radical (unpaired) electrons. The average Bonchev–Trinajstić information content (AvgIpc) is 3.17. The summed E-state index contributed by atoms with van der Waals surface area (Å²) in [5, 5.41) is 7.12. The van der Waals surface area contributed by atoms with Crippen LogP contribution in [0, 0.1) is 0 Å². The number of carbonyl (C=O) groups excluding carboxylic acids is 1. The molecule has 172 valence electrons. The lowest BCUT2D eigenvalue weighted by molar-refractivity contribution is -0.192. The van der Waals surface area contributed by atoms with Crippen LogP contribution in [0.5, 0.6) is 0 Å². The summed E-state index contributed by atoms with van der Waals surface area (Å²) in [4.78, 5) is 26.1. The average molecular weight is 438 g/mol. The van der Waals surface area contributed by atoms with Crippen LogP contribution in [0.1, 0.15) is 32.1 Å². The van der Waals surface area contributed by atoms with Crippen molar-refractivity contribution in [2.24, 2.45) is 0 Å². The zero-order valence-electron chi connectivity index (χ0n) is 16.8. The summed E-state index contributed by atoms with van der Waals surface area (Å²) in [7, 11) is 0. The Bertz CT molecular complexity index is 593. The van der Waals surface area contributed by atoms with Crippen molar-refractivity contribution in [2.45, 2.75) is 62.6 Å². The highest BCUT2D eigenvalue weighted by atomic mass is 19.4. The van der Waals surface area contributed by atoms with E-state index in [0.29, 0.717) is 38.4 Å². The molecule has 0 aromatic heterocycles. The number of halogens is 3. The first-order chi connectivity index (χ1) is 14.3. The molecule has 0 aromatic rings. The predicted molar refractivity (Wildman–Crippen MR) is 97.9 cm³/mol. The van der Waals surface area contributed by atoms with Crippen LogP contribution in [-0.2, 0) is 23.8 Å². The lowest BCUT2D eigenvalue weighted by atomic mass is 9.96. The first-order valence-electron chi connectivity index (χ1n) is 10.4. The van der Waals surface area contributed by atoms with E-state index in [1.54, 1.807) is 0 Å². The van der Waals surface area contributed by atoms with Crippen LogP contribution < -0.4 is 0 Å². The molecule has 0 aromatic carbocycles. The fourth-order valence-electron chi connectivity index (χ4n) is 4.60. The van der Waals surface area contributed by atoms with Crippen molar-refractivity contribution in [3.05, 3.63) is 0 Å². The van der Waals surface area contributed by atoms with E-state index in [1.807, 2.05) is 4.90 Å². The third-order valence-electron chi connectivity index (χ3n) is 6.09. The Hall–Kier alpha value is -1.43. The van der Waals surface area contributed by atoms with E-state index in [1.165, 1.54) is 0 Å². The van der Waals surface area contributed by atoms with Crippen LogP contribution in [0.15, 0.2) is 0 Å². The second-order valence-corrected chi connectivity index (χ2v) is 7.92. The van der Waals surface area contributed by atoms with Gasteiger partial charge >= 0.3 is 12.1 Å². The highest BCUT2D eigenvalue weighted by Gasteiger charge is 2.44. The zero-order valence-corrected chi connectivity index (χ0v) is 16.8. The van der Waals surface area contributed by atoms with Gasteiger partial charge in [0.15, 0.2) is 0 Å². The number of ether oxygens (including phenoxy) is 3. The lowest BCUT2D eigenvalue weighted by Crippen LogP contribution is -2.52. The van der Waals surface area contributed by atoms with Crippen LogP contribution in [0.3, 0.4) is 0 Å². The molecule has 0 bridgehead atoms. The molecule has 0 aliphatic carbocycles. The van der Waals surface area contributed by atoms with Crippen molar-refractivity contribution in [3.63, 3.8) is 0 Å². The summed E-state index contributed by atoms with van der Waals surface area (Å²) < 4.78 is 48.8. The topological polar surface area (TPSA) is 88.5 Å². The Labute approximate surface area is 173 Å². The molecule has 4 rings (SSSR count). The van der Waals surface area contributed by atoms with Gasteiger partial charge in [0.1, 0.15) is 6.10 Å². The normalized spacial score (nSPS) is 30.9. The zero-order chi connectivity index (χ0) is 21.7. The highest BCUT2D eigenvalue weighted by Crippen LogP contribution is 2.35. The number of carboxylic acids is 1. The summed E-state index contributed by atoms with van der Waals surface area (Å²) in [6.45, 7) is 5.61. The minimum Gasteiger partial charge on any atom is -0.475 e. The van der Waals surface area contributed by atoms with Crippen LogP contribution >= 0.6 is 0 Å². The number of carbonyl (C=O) groups is 2. The molecule has 4 saturated heterocycles. The Morgan fingerprint density at radius 3 is 2.07 bits per heavy atom. The SMILES string of the molecule is O=C(O)C(F)(F)F.O=C([C@H]1CC[C@@H]2[C@@H](CCN2C2CCOCC2)O1)N1CCOCC1. The third kappa shape index (κ3) is 5.83. The van der Waals surface area contributed by atoms with Gasteiger partial charge in [0.2, 0.25) is 0 Å². The molecule has 0 spiro atoms. The van der Waals surface area contributed by atoms with Gasteiger partial charge in [-0.25, -0.2) is 4.79 Å². The molecule has 0 saturated carbocycles. The maximum atomic E-state index is 12.6. The Kier molecular flexibility index (Phi) is 7.94. The number of aliphatic carboxylic acids is 1. The molecule has 4 fully saturated rings. The quantitative estimate of drug-likeness (QED) is 0.695. The first kappa shape index (κ1) is 23.2. The number of morpholine rings is 1. The largest absolute Gasteiger partial charge is 0.490 e. The summed E-state index contributed by atoms with van der Waals surface area (Å²) in [6.07, 6.45) is 0.207. The van der Waals surface area contributed by atoms with Crippen LogP contribution in [0.2, 0.25) is 0 Å². The highest BCUT2D eigenvalue weighted by molar-refractivity contribution is 5.81. The molecule has 4 aliphatic heterocycles. The summed E-state index contributed by atoms with van der Waals surface area (Å²) in [5.74, 6) is -2.58. The summed E-state index contributed by atoms with van der Waals surface area (Å²) in [6, 6.07) is 1.15. The summed E-state index contributed by atoms with van der Waals surface area (Å²) in [5.41, 5.74) is 0. The van der Waals surface area contributed by atoms with Gasteiger partial charge in [-0.1, -0.05) is 0 Å². The monoisotopic (exact) mass is 438 g/mol. The van der Waals surface area contributed by atoms with Crippen molar-refractivity contribution in [2.75, 3.05) is 46.1 Å². The molecule has 8 nitrogen and oxygen atoms in total. The minimum atomic E-state index is -5.08. The fourth-order valence-corrected chi connectivity index (χ4v) is 4.60. The van der Waals surface area contributed by atoms with Crippen molar-refractivity contribution >= 4 is 11.9 Å². The molecule has 4 heterocycles. The fraction of sp³-hybridized carbons (Fsp3) is 0.895. The van der Waals surface area contributed by atoms with E-state index in [0.717, 1.165) is 51.9 Å². The van der Waals surface area contributed by atoms with Gasteiger partial charge in [-0.2, -0.15) is 13.2 Å². The standard InChI is InChI=1S/C17H28N2O4.C2HF3O2/c20-17(18-7-11-22-12-8-18)16-2-1-14-15(23-16)3-6-19(14)13-4-9-21-10-5-13;3-2(4,5)1(6)7/h13-16H,1-12H2;(H,6,7)/t14-,15-,16-;/m1./s1. The van der Waals surface area contributed by atoms with Gasteiger partial charge in [-0.05, 0) is 32.1 Å². The van der Waals surface area contributed by atoms with Crippen molar-refractivity contribution in [3.8, 4) is 0 Å². The maximum absolute atomic E-state index is 12.6. The second-order valence-electron chi connectivity index (χ2n) is 7.92. The van der Waals surface area contributed by atoms with Gasteiger partial charge in [0.05, 0.1) is 19.3 Å². The maximum Gasteiger partial charge on any atom is 0.490 e. The van der Waals surface area contributed by atoms with Crippen LogP contribution in [-0.4, -0.2) is 103 Å². The number of alkyl halides is 3. The smallest absolute Gasteiger partial charge is 0.475 e. The number of rotatable bonds is 2. The molecule has 0 unspecified atom stereocenters. The lowest BCUT2D eigenvalue weighted by Gasteiger charge is -2.41. The Balaban J connectivity index is 0.000000318. The van der Waals surface area contributed by atoms with Gasteiger partial charge in [-0.3, -0.25) is 9.69 Å². The summed E-state index contributed by atoms with van der Waals surface area (Å²) >= 11 is 0. The Morgan fingerprint density at radius 2 is 1.47 bits per heavy atom. The molecule has 11 heteroatoms. The molecule has 1 amide bonds. The molecule has 3 atom stereocenters. The number of fused-ring (bicyclic) bond motifs is 1. The third-order valence-corrected chi connectivity index (χ3v) is 6.09. The first-order valence-corrected chi connectivity index (χ1v) is 10.4.